The van der Waals surface area contributed by atoms with Crippen LogP contribution in [0.2, 0.25) is 0 Å². The van der Waals surface area contributed by atoms with Crippen molar-refractivity contribution in [2.45, 2.75) is 25.4 Å². The number of hydrogen-bond acceptors (Lipinski definition) is 3. The van der Waals surface area contributed by atoms with Crippen molar-refractivity contribution in [2.75, 3.05) is 25.5 Å². The highest BCUT2D eigenvalue weighted by Gasteiger charge is 2.30. The van der Waals surface area contributed by atoms with Gasteiger partial charge in [0, 0.05) is 37.7 Å². The number of carbonyl (C=O) groups excluding carboxylic acids is 1. The normalized spacial score (nSPS) is 17.3. The van der Waals surface area contributed by atoms with Gasteiger partial charge < -0.3 is 15.1 Å². The lowest BCUT2D eigenvalue weighted by molar-refractivity contribution is 0.193. The molecular formula is C18H23N3OS. The summed E-state index contributed by atoms with van der Waals surface area (Å²) >= 11 is 1.73. The number of urea groups is 1. The Morgan fingerprint density at radius 3 is 2.74 bits per heavy atom. The first-order chi connectivity index (χ1) is 11.1. The molecule has 122 valence electrons. The highest BCUT2D eigenvalue weighted by Crippen LogP contribution is 2.34. The molecule has 1 unspecified atom stereocenters. The van der Waals surface area contributed by atoms with Gasteiger partial charge in [-0.05, 0) is 42.0 Å². The lowest BCUT2D eigenvalue weighted by Crippen LogP contribution is -2.38. The average molecular weight is 329 g/mol. The van der Waals surface area contributed by atoms with Crippen molar-refractivity contribution in [3.63, 3.8) is 0 Å². The van der Waals surface area contributed by atoms with Crippen molar-refractivity contribution in [2.24, 2.45) is 0 Å². The van der Waals surface area contributed by atoms with Crippen molar-refractivity contribution in [1.82, 2.24) is 10.2 Å². The van der Waals surface area contributed by atoms with E-state index in [0.29, 0.717) is 6.54 Å². The van der Waals surface area contributed by atoms with Crippen LogP contribution in [0.25, 0.3) is 0 Å². The second-order valence-corrected chi connectivity index (χ2v) is 7.07. The number of anilines is 1. The van der Waals surface area contributed by atoms with Gasteiger partial charge in [-0.2, -0.15) is 0 Å². The number of rotatable bonds is 4. The van der Waals surface area contributed by atoms with E-state index in [1.54, 1.807) is 11.3 Å². The Bertz CT molecular complexity index is 637. The second-order valence-electron chi connectivity index (χ2n) is 6.09. The Kier molecular flexibility index (Phi) is 4.86. The maximum Gasteiger partial charge on any atom is 0.318 e. The van der Waals surface area contributed by atoms with Gasteiger partial charge in [-0.1, -0.05) is 18.2 Å². The van der Waals surface area contributed by atoms with Gasteiger partial charge >= 0.3 is 6.03 Å². The zero-order valence-corrected chi connectivity index (χ0v) is 14.5. The van der Waals surface area contributed by atoms with Gasteiger partial charge in [0.25, 0.3) is 0 Å². The third-order valence-corrected chi connectivity index (χ3v) is 5.26. The third kappa shape index (κ3) is 3.67. The van der Waals surface area contributed by atoms with Gasteiger partial charge in [0.05, 0.1) is 6.04 Å². The van der Waals surface area contributed by atoms with Crippen LogP contribution >= 0.6 is 11.3 Å². The molecule has 3 rings (SSSR count). The molecule has 1 aliphatic heterocycles. The first-order valence-corrected chi connectivity index (χ1v) is 8.87. The fourth-order valence-electron chi connectivity index (χ4n) is 2.98. The zero-order chi connectivity index (χ0) is 16.2. The van der Waals surface area contributed by atoms with Gasteiger partial charge in [-0.3, -0.25) is 0 Å². The summed E-state index contributed by atoms with van der Waals surface area (Å²) in [5, 5.41) is 5.14. The standard InChI is InChI=1S/C18H23N3OS/c1-20(2)15-9-7-14(8-10-15)13-19-18(22)21-11-3-5-16(21)17-6-4-12-23-17/h4,6-10,12,16H,3,5,11,13H2,1-2H3,(H,19,22). The molecular weight excluding hydrogens is 306 g/mol. The smallest absolute Gasteiger partial charge is 0.318 e. The molecule has 1 fully saturated rings. The van der Waals surface area contributed by atoms with E-state index in [2.05, 4.69) is 52.0 Å². The van der Waals surface area contributed by atoms with Crippen LogP contribution in [0.15, 0.2) is 41.8 Å². The zero-order valence-electron chi connectivity index (χ0n) is 13.7. The molecule has 23 heavy (non-hydrogen) atoms. The fraction of sp³-hybridized carbons (Fsp3) is 0.389. The van der Waals surface area contributed by atoms with E-state index in [4.69, 9.17) is 0 Å². The first-order valence-electron chi connectivity index (χ1n) is 7.99. The van der Waals surface area contributed by atoms with E-state index < -0.39 is 0 Å². The van der Waals surface area contributed by atoms with E-state index in [1.807, 2.05) is 19.0 Å². The van der Waals surface area contributed by atoms with Crippen molar-refractivity contribution in [1.29, 1.82) is 0 Å². The van der Waals surface area contributed by atoms with Gasteiger partial charge in [0.15, 0.2) is 0 Å². The fourth-order valence-corrected chi connectivity index (χ4v) is 3.85. The summed E-state index contributed by atoms with van der Waals surface area (Å²) < 4.78 is 0. The number of thiophene rings is 1. The highest BCUT2D eigenvalue weighted by molar-refractivity contribution is 7.10. The van der Waals surface area contributed by atoms with Gasteiger partial charge in [-0.15, -0.1) is 11.3 Å². The minimum Gasteiger partial charge on any atom is -0.378 e. The maximum absolute atomic E-state index is 12.5. The van der Waals surface area contributed by atoms with Gasteiger partial charge in [0.2, 0.25) is 0 Å². The largest absolute Gasteiger partial charge is 0.378 e. The molecule has 1 saturated heterocycles. The average Bonchev–Trinajstić information content (AvgIpc) is 3.23. The van der Waals surface area contributed by atoms with Crippen LogP contribution in [0.1, 0.15) is 29.3 Å². The van der Waals surface area contributed by atoms with Crippen molar-refractivity contribution < 1.29 is 4.79 Å². The van der Waals surface area contributed by atoms with Crippen molar-refractivity contribution in [3.05, 3.63) is 52.2 Å². The summed E-state index contributed by atoms with van der Waals surface area (Å²) in [6.07, 6.45) is 2.14. The monoisotopic (exact) mass is 329 g/mol. The third-order valence-electron chi connectivity index (χ3n) is 4.28. The molecule has 1 aliphatic rings. The van der Waals surface area contributed by atoms with E-state index in [-0.39, 0.29) is 12.1 Å². The Hall–Kier alpha value is -2.01. The molecule has 0 spiro atoms. The molecule has 0 saturated carbocycles. The van der Waals surface area contributed by atoms with Crippen LogP contribution in [-0.4, -0.2) is 31.6 Å². The molecule has 1 aromatic carbocycles. The Balaban J connectivity index is 1.58. The van der Waals surface area contributed by atoms with E-state index in [0.717, 1.165) is 30.6 Å². The maximum atomic E-state index is 12.5. The minimum atomic E-state index is 0.0394. The topological polar surface area (TPSA) is 35.6 Å². The number of nitrogens with one attached hydrogen (secondary N) is 1. The molecule has 0 aliphatic carbocycles. The SMILES string of the molecule is CN(C)c1ccc(CNC(=O)N2CCCC2c2cccs2)cc1. The molecule has 2 heterocycles. The summed E-state index contributed by atoms with van der Waals surface area (Å²) in [6.45, 7) is 1.41. The molecule has 1 atom stereocenters. The minimum absolute atomic E-state index is 0.0394. The molecule has 2 aromatic rings. The first kappa shape index (κ1) is 15.9. The predicted octanol–water partition coefficient (Wildman–Crippen LogP) is 3.86. The summed E-state index contributed by atoms with van der Waals surface area (Å²) in [5.41, 5.74) is 2.29. The van der Waals surface area contributed by atoms with Crippen LogP contribution in [0.3, 0.4) is 0 Å². The summed E-state index contributed by atoms with van der Waals surface area (Å²) in [6, 6.07) is 12.7. The lowest BCUT2D eigenvalue weighted by atomic mass is 10.2. The van der Waals surface area contributed by atoms with Crippen LogP contribution in [0.5, 0.6) is 0 Å². The molecule has 5 heteroatoms. The second kappa shape index (κ2) is 7.04. The van der Waals surface area contributed by atoms with E-state index in [1.165, 1.54) is 4.88 Å². The van der Waals surface area contributed by atoms with Gasteiger partial charge in [0.1, 0.15) is 0 Å². The van der Waals surface area contributed by atoms with Gasteiger partial charge in [-0.25, -0.2) is 4.79 Å². The highest BCUT2D eigenvalue weighted by atomic mass is 32.1. The Morgan fingerprint density at radius 1 is 1.30 bits per heavy atom. The van der Waals surface area contributed by atoms with Crippen LogP contribution < -0.4 is 10.2 Å². The molecule has 2 amide bonds. The summed E-state index contributed by atoms with van der Waals surface area (Å²) in [7, 11) is 4.05. The number of benzene rings is 1. The van der Waals surface area contributed by atoms with Crippen molar-refractivity contribution >= 4 is 23.1 Å². The number of nitrogens with zero attached hydrogens (tertiary/aromatic N) is 2. The number of amides is 2. The Labute approximate surface area is 141 Å². The predicted molar refractivity (Wildman–Crippen MR) is 96.0 cm³/mol. The molecule has 0 radical (unpaired) electrons. The van der Waals surface area contributed by atoms with E-state index in [9.17, 15) is 4.79 Å². The van der Waals surface area contributed by atoms with Crippen LogP contribution in [-0.2, 0) is 6.54 Å². The summed E-state index contributed by atoms with van der Waals surface area (Å²) in [4.78, 5) is 17.8. The van der Waals surface area contributed by atoms with Crippen molar-refractivity contribution in [3.8, 4) is 0 Å². The van der Waals surface area contributed by atoms with Crippen LogP contribution in [0, 0.1) is 0 Å². The summed E-state index contributed by atoms with van der Waals surface area (Å²) in [5.74, 6) is 0. The lowest BCUT2D eigenvalue weighted by Gasteiger charge is -2.24. The number of carbonyl (C=O) groups is 1. The number of likely N-dealkylation sites (tertiary alicyclic amines) is 1. The Morgan fingerprint density at radius 2 is 2.09 bits per heavy atom. The quantitative estimate of drug-likeness (QED) is 0.924. The molecule has 1 aromatic heterocycles. The molecule has 0 bridgehead atoms. The number of hydrogen-bond donors (Lipinski definition) is 1. The van der Waals surface area contributed by atoms with E-state index >= 15 is 0 Å². The molecule has 4 nitrogen and oxygen atoms in total. The van der Waals surface area contributed by atoms with Crippen LogP contribution in [0.4, 0.5) is 10.5 Å². The molecule has 1 N–H and O–H groups in total.